The van der Waals surface area contributed by atoms with Crippen molar-refractivity contribution in [3.8, 4) is 5.75 Å². The molecule has 0 saturated carbocycles. The van der Waals surface area contributed by atoms with E-state index in [9.17, 15) is 0 Å². The number of aliphatic imine (C=N–C) groups is 1. The van der Waals surface area contributed by atoms with E-state index in [2.05, 4.69) is 10.3 Å². The van der Waals surface area contributed by atoms with Crippen LogP contribution < -0.4 is 15.8 Å². The summed E-state index contributed by atoms with van der Waals surface area (Å²) in [7, 11) is 0. The number of anilines is 1. The minimum Gasteiger partial charge on any atom is -0.492 e. The maximum Gasteiger partial charge on any atom is 0.193 e. The van der Waals surface area contributed by atoms with Gasteiger partial charge >= 0.3 is 0 Å². The van der Waals surface area contributed by atoms with Crippen LogP contribution in [0.15, 0.2) is 65.7 Å². The van der Waals surface area contributed by atoms with Crippen LogP contribution in [0.2, 0.25) is 0 Å². The maximum atomic E-state index is 5.77. The van der Waals surface area contributed by atoms with Crippen LogP contribution in [0, 0.1) is 0 Å². The molecule has 19 heavy (non-hydrogen) atoms. The quantitative estimate of drug-likeness (QED) is 0.490. The van der Waals surface area contributed by atoms with Gasteiger partial charge in [0.25, 0.3) is 0 Å². The van der Waals surface area contributed by atoms with Gasteiger partial charge in [0, 0.05) is 5.69 Å². The number of benzene rings is 2. The Morgan fingerprint density at radius 2 is 1.63 bits per heavy atom. The second-order valence-corrected chi connectivity index (χ2v) is 3.92. The number of guanidine groups is 1. The van der Waals surface area contributed by atoms with E-state index in [0.717, 1.165) is 11.4 Å². The molecule has 0 aliphatic heterocycles. The SMILES string of the molecule is NC(=NCCOc1ccccc1)Nc1ccccc1. The molecule has 0 unspecified atom stereocenters. The van der Waals surface area contributed by atoms with Crippen LogP contribution in [-0.2, 0) is 0 Å². The van der Waals surface area contributed by atoms with E-state index in [0.29, 0.717) is 19.1 Å². The van der Waals surface area contributed by atoms with Gasteiger partial charge in [-0.25, -0.2) is 4.99 Å². The topological polar surface area (TPSA) is 59.6 Å². The summed E-state index contributed by atoms with van der Waals surface area (Å²) in [5, 5.41) is 3.01. The Labute approximate surface area is 112 Å². The van der Waals surface area contributed by atoms with Gasteiger partial charge in [0.2, 0.25) is 0 Å². The van der Waals surface area contributed by atoms with Crippen molar-refractivity contribution < 1.29 is 4.74 Å². The highest BCUT2D eigenvalue weighted by molar-refractivity contribution is 5.92. The Morgan fingerprint density at radius 1 is 1.00 bits per heavy atom. The van der Waals surface area contributed by atoms with Crippen molar-refractivity contribution in [3.05, 3.63) is 60.7 Å². The summed E-state index contributed by atoms with van der Waals surface area (Å²) in [6.45, 7) is 1.02. The summed E-state index contributed by atoms with van der Waals surface area (Å²) in [5.41, 5.74) is 6.69. The Balaban J connectivity index is 1.73. The first kappa shape index (κ1) is 13.0. The zero-order chi connectivity index (χ0) is 13.3. The smallest absolute Gasteiger partial charge is 0.193 e. The van der Waals surface area contributed by atoms with Gasteiger partial charge in [0.05, 0.1) is 6.54 Å². The number of ether oxygens (including phenoxy) is 1. The van der Waals surface area contributed by atoms with Gasteiger partial charge < -0.3 is 15.8 Å². The summed E-state index contributed by atoms with van der Waals surface area (Å²) < 4.78 is 5.52. The summed E-state index contributed by atoms with van der Waals surface area (Å²) in [5.74, 6) is 1.23. The number of hydrogen-bond donors (Lipinski definition) is 2. The molecule has 4 nitrogen and oxygen atoms in total. The minimum atomic E-state index is 0.392. The monoisotopic (exact) mass is 255 g/mol. The maximum absolute atomic E-state index is 5.77. The molecule has 0 aromatic heterocycles. The van der Waals surface area contributed by atoms with E-state index in [4.69, 9.17) is 10.5 Å². The summed E-state index contributed by atoms with van der Waals surface area (Å²) in [6, 6.07) is 19.3. The molecule has 2 rings (SSSR count). The Kier molecular flexibility index (Phi) is 4.81. The fourth-order valence-corrected chi connectivity index (χ4v) is 1.56. The normalized spacial score (nSPS) is 11.1. The van der Waals surface area contributed by atoms with Crippen LogP contribution >= 0.6 is 0 Å². The molecule has 2 aromatic rings. The zero-order valence-corrected chi connectivity index (χ0v) is 10.6. The first-order valence-electron chi connectivity index (χ1n) is 6.14. The highest BCUT2D eigenvalue weighted by Gasteiger charge is 1.94. The summed E-state index contributed by atoms with van der Waals surface area (Å²) >= 11 is 0. The van der Waals surface area contributed by atoms with Crippen molar-refractivity contribution in [1.82, 2.24) is 0 Å². The highest BCUT2D eigenvalue weighted by atomic mass is 16.5. The third-order valence-corrected chi connectivity index (χ3v) is 2.43. The van der Waals surface area contributed by atoms with E-state index in [1.54, 1.807) is 0 Å². The largest absolute Gasteiger partial charge is 0.492 e. The summed E-state index contributed by atoms with van der Waals surface area (Å²) in [4.78, 5) is 4.19. The molecule has 3 N–H and O–H groups in total. The van der Waals surface area contributed by atoms with Crippen molar-refractivity contribution in [2.45, 2.75) is 0 Å². The van der Waals surface area contributed by atoms with Crippen molar-refractivity contribution in [3.63, 3.8) is 0 Å². The number of nitrogens with two attached hydrogens (primary N) is 1. The predicted molar refractivity (Wildman–Crippen MR) is 78.5 cm³/mol. The molecule has 0 aliphatic carbocycles. The van der Waals surface area contributed by atoms with Crippen molar-refractivity contribution >= 4 is 11.6 Å². The fraction of sp³-hybridized carbons (Fsp3) is 0.133. The highest BCUT2D eigenvalue weighted by Crippen LogP contribution is 2.07. The first-order chi connectivity index (χ1) is 9.34. The molecular weight excluding hydrogens is 238 g/mol. The van der Waals surface area contributed by atoms with Gasteiger partial charge in [-0.1, -0.05) is 36.4 Å². The van der Waals surface area contributed by atoms with E-state index >= 15 is 0 Å². The van der Waals surface area contributed by atoms with Gasteiger partial charge in [0.1, 0.15) is 12.4 Å². The van der Waals surface area contributed by atoms with Gasteiger partial charge in [-0.3, -0.25) is 0 Å². The average molecular weight is 255 g/mol. The molecule has 0 heterocycles. The average Bonchev–Trinajstić information content (AvgIpc) is 2.46. The lowest BCUT2D eigenvalue weighted by Gasteiger charge is -2.06. The number of nitrogens with zero attached hydrogens (tertiary/aromatic N) is 1. The van der Waals surface area contributed by atoms with Crippen LogP contribution in [0.5, 0.6) is 5.75 Å². The van der Waals surface area contributed by atoms with E-state index in [-0.39, 0.29) is 0 Å². The molecule has 0 fully saturated rings. The van der Waals surface area contributed by atoms with Crippen LogP contribution in [0.1, 0.15) is 0 Å². The third kappa shape index (κ3) is 4.71. The van der Waals surface area contributed by atoms with Gasteiger partial charge in [-0.05, 0) is 24.3 Å². The first-order valence-corrected chi connectivity index (χ1v) is 6.14. The molecule has 2 aromatic carbocycles. The van der Waals surface area contributed by atoms with E-state index < -0.39 is 0 Å². The third-order valence-electron chi connectivity index (χ3n) is 2.43. The molecule has 0 saturated heterocycles. The number of nitrogens with one attached hydrogen (secondary N) is 1. The van der Waals surface area contributed by atoms with Crippen molar-refractivity contribution in [2.75, 3.05) is 18.5 Å². The molecule has 98 valence electrons. The molecule has 0 aliphatic rings. The van der Waals surface area contributed by atoms with Crippen LogP contribution in [0.3, 0.4) is 0 Å². The standard InChI is InChI=1S/C15H17N3O/c16-15(18-13-7-3-1-4-8-13)17-11-12-19-14-9-5-2-6-10-14/h1-10H,11-12H2,(H3,16,17,18). The molecule has 0 bridgehead atoms. The molecular formula is C15H17N3O. The molecule has 0 atom stereocenters. The van der Waals surface area contributed by atoms with Crippen LogP contribution in [-0.4, -0.2) is 19.1 Å². The predicted octanol–water partition coefficient (Wildman–Crippen LogP) is 2.49. The second kappa shape index (κ2) is 7.06. The number of rotatable bonds is 5. The lowest BCUT2D eigenvalue weighted by atomic mass is 10.3. The Bertz CT molecular complexity index is 511. The zero-order valence-electron chi connectivity index (χ0n) is 10.6. The molecule has 0 amide bonds. The van der Waals surface area contributed by atoms with Gasteiger partial charge in [0.15, 0.2) is 5.96 Å². The van der Waals surface area contributed by atoms with Crippen LogP contribution in [0.25, 0.3) is 0 Å². The Morgan fingerprint density at radius 3 is 2.32 bits per heavy atom. The number of para-hydroxylation sites is 2. The van der Waals surface area contributed by atoms with Crippen molar-refractivity contribution in [1.29, 1.82) is 0 Å². The molecule has 0 radical (unpaired) electrons. The molecule has 4 heteroatoms. The Hall–Kier alpha value is -2.49. The van der Waals surface area contributed by atoms with Crippen molar-refractivity contribution in [2.24, 2.45) is 10.7 Å². The number of hydrogen-bond acceptors (Lipinski definition) is 2. The van der Waals surface area contributed by atoms with E-state index in [1.165, 1.54) is 0 Å². The minimum absolute atomic E-state index is 0.392. The lowest BCUT2D eigenvalue weighted by molar-refractivity contribution is 0.329. The van der Waals surface area contributed by atoms with E-state index in [1.807, 2.05) is 60.7 Å². The summed E-state index contributed by atoms with van der Waals surface area (Å²) in [6.07, 6.45) is 0. The van der Waals surface area contributed by atoms with Crippen LogP contribution in [0.4, 0.5) is 5.69 Å². The van der Waals surface area contributed by atoms with Gasteiger partial charge in [-0.2, -0.15) is 0 Å². The second-order valence-electron chi connectivity index (χ2n) is 3.92. The van der Waals surface area contributed by atoms with Gasteiger partial charge in [-0.15, -0.1) is 0 Å². The lowest BCUT2D eigenvalue weighted by Crippen LogP contribution is -2.23. The fourth-order valence-electron chi connectivity index (χ4n) is 1.56. The molecule has 0 spiro atoms.